The first kappa shape index (κ1) is 12.4. The SMILES string of the molecule is COC(=O)/C=C/C(=O)OC[C@H]1CCCC1=O. The fourth-order valence-corrected chi connectivity index (χ4v) is 1.50. The van der Waals surface area contributed by atoms with Gasteiger partial charge in [-0.05, 0) is 12.8 Å². The van der Waals surface area contributed by atoms with E-state index >= 15 is 0 Å². The van der Waals surface area contributed by atoms with E-state index in [0.717, 1.165) is 25.0 Å². The van der Waals surface area contributed by atoms with Gasteiger partial charge in [-0.25, -0.2) is 9.59 Å². The number of ether oxygens (including phenoxy) is 2. The van der Waals surface area contributed by atoms with Gasteiger partial charge in [0.15, 0.2) is 0 Å². The molecular weight excluding hydrogens is 212 g/mol. The van der Waals surface area contributed by atoms with E-state index in [-0.39, 0.29) is 18.3 Å². The molecule has 1 atom stereocenters. The Balaban J connectivity index is 2.27. The van der Waals surface area contributed by atoms with Crippen LogP contribution >= 0.6 is 0 Å². The lowest BCUT2D eigenvalue weighted by molar-refractivity contribution is -0.141. The second-order valence-electron chi connectivity index (χ2n) is 3.54. The van der Waals surface area contributed by atoms with E-state index in [0.29, 0.717) is 6.42 Å². The van der Waals surface area contributed by atoms with Crippen LogP contribution < -0.4 is 0 Å². The Hall–Kier alpha value is -1.65. The topological polar surface area (TPSA) is 69.7 Å². The number of carbonyl (C=O) groups is 3. The number of rotatable bonds is 4. The molecule has 0 bridgehead atoms. The van der Waals surface area contributed by atoms with Crippen LogP contribution in [0.4, 0.5) is 0 Å². The summed E-state index contributed by atoms with van der Waals surface area (Å²) in [6, 6.07) is 0. The van der Waals surface area contributed by atoms with Crippen molar-refractivity contribution in [3.8, 4) is 0 Å². The zero-order valence-electron chi connectivity index (χ0n) is 9.10. The third-order valence-corrected chi connectivity index (χ3v) is 2.41. The van der Waals surface area contributed by atoms with Gasteiger partial charge in [0.05, 0.1) is 13.0 Å². The van der Waals surface area contributed by atoms with Gasteiger partial charge >= 0.3 is 11.9 Å². The summed E-state index contributed by atoms with van der Waals surface area (Å²) < 4.78 is 9.14. The van der Waals surface area contributed by atoms with Crippen molar-refractivity contribution in [2.24, 2.45) is 5.92 Å². The monoisotopic (exact) mass is 226 g/mol. The van der Waals surface area contributed by atoms with Crippen molar-refractivity contribution in [3.63, 3.8) is 0 Å². The van der Waals surface area contributed by atoms with Crippen LogP contribution in [0.5, 0.6) is 0 Å². The summed E-state index contributed by atoms with van der Waals surface area (Å²) in [5, 5.41) is 0. The number of hydrogen-bond acceptors (Lipinski definition) is 5. The standard InChI is InChI=1S/C11H14O5/c1-15-10(13)5-6-11(14)16-7-8-3-2-4-9(8)12/h5-6,8H,2-4,7H2,1H3/b6-5+/t8-/m1/s1. The van der Waals surface area contributed by atoms with Crippen LogP contribution in [0.15, 0.2) is 12.2 Å². The molecule has 0 radical (unpaired) electrons. The second-order valence-corrected chi connectivity index (χ2v) is 3.54. The minimum Gasteiger partial charge on any atom is -0.466 e. The van der Waals surface area contributed by atoms with Crippen molar-refractivity contribution in [2.45, 2.75) is 19.3 Å². The van der Waals surface area contributed by atoms with E-state index in [9.17, 15) is 14.4 Å². The molecule has 5 heteroatoms. The number of hydrogen-bond donors (Lipinski definition) is 0. The van der Waals surface area contributed by atoms with Crippen LogP contribution in [0.25, 0.3) is 0 Å². The third-order valence-electron chi connectivity index (χ3n) is 2.41. The molecule has 5 nitrogen and oxygen atoms in total. The molecule has 0 N–H and O–H groups in total. The minimum atomic E-state index is -0.634. The summed E-state index contributed by atoms with van der Waals surface area (Å²) in [7, 11) is 1.22. The summed E-state index contributed by atoms with van der Waals surface area (Å²) in [4.78, 5) is 33.0. The predicted molar refractivity (Wildman–Crippen MR) is 54.5 cm³/mol. The number of carbonyl (C=O) groups excluding carboxylic acids is 3. The van der Waals surface area contributed by atoms with Gasteiger partial charge in [-0.1, -0.05) is 0 Å². The maximum absolute atomic E-state index is 11.2. The highest BCUT2D eigenvalue weighted by Crippen LogP contribution is 2.21. The Kier molecular flexibility index (Phi) is 4.69. The van der Waals surface area contributed by atoms with Gasteiger partial charge in [0.2, 0.25) is 0 Å². The van der Waals surface area contributed by atoms with Crippen LogP contribution in [0, 0.1) is 5.92 Å². The highest BCUT2D eigenvalue weighted by Gasteiger charge is 2.25. The van der Waals surface area contributed by atoms with Crippen molar-refractivity contribution >= 4 is 17.7 Å². The molecule has 0 aromatic heterocycles. The van der Waals surface area contributed by atoms with E-state index in [4.69, 9.17) is 4.74 Å². The van der Waals surface area contributed by atoms with Crippen LogP contribution in [0.2, 0.25) is 0 Å². The first-order valence-electron chi connectivity index (χ1n) is 5.09. The van der Waals surface area contributed by atoms with Gasteiger partial charge < -0.3 is 9.47 Å². The van der Waals surface area contributed by atoms with E-state index in [1.165, 1.54) is 7.11 Å². The quantitative estimate of drug-likeness (QED) is 0.519. The molecule has 0 heterocycles. The Labute approximate surface area is 93.4 Å². The lowest BCUT2D eigenvalue weighted by Gasteiger charge is -2.06. The maximum Gasteiger partial charge on any atom is 0.331 e. The van der Waals surface area contributed by atoms with Crippen LogP contribution in [-0.4, -0.2) is 31.4 Å². The molecule has 1 fully saturated rings. The predicted octanol–water partition coefficient (Wildman–Crippen LogP) is 0.628. The molecule has 0 aromatic rings. The minimum absolute atomic E-state index is 0.100. The maximum atomic E-state index is 11.2. The fourth-order valence-electron chi connectivity index (χ4n) is 1.50. The van der Waals surface area contributed by atoms with Crippen molar-refractivity contribution in [1.29, 1.82) is 0 Å². The zero-order chi connectivity index (χ0) is 12.0. The summed E-state index contributed by atoms with van der Waals surface area (Å²) in [6.07, 6.45) is 4.18. The van der Waals surface area contributed by atoms with E-state index in [1.54, 1.807) is 0 Å². The molecule has 0 unspecified atom stereocenters. The number of Topliss-reactive ketones (excluding diaryl/α,β-unsaturated/α-hetero) is 1. The van der Waals surface area contributed by atoms with E-state index < -0.39 is 11.9 Å². The summed E-state index contributed by atoms with van der Waals surface area (Å²) in [5.74, 6) is -1.28. The molecule has 0 amide bonds. The molecule has 1 aliphatic rings. The molecule has 1 rings (SSSR count). The normalized spacial score (nSPS) is 20.1. The summed E-state index contributed by atoms with van der Waals surface area (Å²) >= 11 is 0. The molecule has 1 aliphatic carbocycles. The van der Waals surface area contributed by atoms with Crippen molar-refractivity contribution in [3.05, 3.63) is 12.2 Å². The molecule has 1 saturated carbocycles. The average Bonchev–Trinajstić information content (AvgIpc) is 2.69. The highest BCUT2D eigenvalue weighted by atomic mass is 16.5. The first-order chi connectivity index (χ1) is 7.63. The Bertz CT molecular complexity index is 318. The number of methoxy groups -OCH3 is 1. The molecule has 0 spiro atoms. The van der Waals surface area contributed by atoms with E-state index in [2.05, 4.69) is 4.74 Å². The van der Waals surface area contributed by atoms with Gasteiger partial charge in [0.1, 0.15) is 12.4 Å². The Morgan fingerprint density at radius 3 is 2.62 bits per heavy atom. The molecule has 0 saturated heterocycles. The highest BCUT2D eigenvalue weighted by molar-refractivity contribution is 5.91. The van der Waals surface area contributed by atoms with Gasteiger partial charge in [-0.3, -0.25) is 4.79 Å². The zero-order valence-corrected chi connectivity index (χ0v) is 9.10. The average molecular weight is 226 g/mol. The van der Waals surface area contributed by atoms with Crippen molar-refractivity contribution in [2.75, 3.05) is 13.7 Å². The Morgan fingerprint density at radius 2 is 2.06 bits per heavy atom. The molecular formula is C11H14O5. The largest absolute Gasteiger partial charge is 0.466 e. The van der Waals surface area contributed by atoms with Gasteiger partial charge in [-0.2, -0.15) is 0 Å². The molecule has 16 heavy (non-hydrogen) atoms. The van der Waals surface area contributed by atoms with Gasteiger partial charge in [-0.15, -0.1) is 0 Å². The third kappa shape index (κ3) is 3.84. The van der Waals surface area contributed by atoms with Gasteiger partial charge in [0, 0.05) is 18.6 Å². The Morgan fingerprint density at radius 1 is 1.38 bits per heavy atom. The smallest absolute Gasteiger partial charge is 0.331 e. The molecule has 0 aromatic carbocycles. The van der Waals surface area contributed by atoms with Crippen LogP contribution in [-0.2, 0) is 23.9 Å². The molecule has 88 valence electrons. The second kappa shape index (κ2) is 6.05. The molecule has 0 aliphatic heterocycles. The fraction of sp³-hybridized carbons (Fsp3) is 0.545. The van der Waals surface area contributed by atoms with Crippen molar-refractivity contribution in [1.82, 2.24) is 0 Å². The van der Waals surface area contributed by atoms with Crippen LogP contribution in [0.3, 0.4) is 0 Å². The van der Waals surface area contributed by atoms with Crippen molar-refractivity contribution < 1.29 is 23.9 Å². The lowest BCUT2D eigenvalue weighted by Crippen LogP contribution is -2.16. The summed E-state index contributed by atoms with van der Waals surface area (Å²) in [5.41, 5.74) is 0. The summed E-state index contributed by atoms with van der Waals surface area (Å²) in [6.45, 7) is 0.100. The number of ketones is 1. The lowest BCUT2D eigenvalue weighted by atomic mass is 10.1. The number of esters is 2. The van der Waals surface area contributed by atoms with E-state index in [1.807, 2.05) is 0 Å². The van der Waals surface area contributed by atoms with Crippen LogP contribution in [0.1, 0.15) is 19.3 Å². The first-order valence-corrected chi connectivity index (χ1v) is 5.09. The van der Waals surface area contributed by atoms with Gasteiger partial charge in [0.25, 0.3) is 0 Å².